The van der Waals surface area contributed by atoms with Crippen molar-refractivity contribution in [3.63, 3.8) is 0 Å². The third-order valence-corrected chi connectivity index (χ3v) is 4.17. The van der Waals surface area contributed by atoms with E-state index in [1.165, 1.54) is 5.57 Å². The molecule has 0 heterocycles. The van der Waals surface area contributed by atoms with Crippen LogP contribution in [0.2, 0.25) is 0 Å². The molecule has 0 bridgehead atoms. The fourth-order valence-corrected chi connectivity index (χ4v) is 3.15. The van der Waals surface area contributed by atoms with Gasteiger partial charge in [-0.1, -0.05) is 29.7 Å². The predicted octanol–water partition coefficient (Wildman–Crippen LogP) is 4.70. The van der Waals surface area contributed by atoms with E-state index in [1.807, 2.05) is 13.0 Å². The zero-order valence-electron chi connectivity index (χ0n) is 12.5. The molecule has 2 unspecified atom stereocenters. The lowest BCUT2D eigenvalue weighted by atomic mass is 9.73. The molecule has 0 aliphatic heterocycles. The molecule has 0 aromatic heterocycles. The molecule has 0 spiro atoms. The SMILES string of the molecule is C#Cc1cc(C)cc(O)c1C1C=C(C)CCC1C(=C)C. The maximum absolute atomic E-state index is 10.4. The highest BCUT2D eigenvalue weighted by atomic mass is 16.3. The van der Waals surface area contributed by atoms with Crippen LogP contribution in [0.4, 0.5) is 0 Å². The van der Waals surface area contributed by atoms with Gasteiger partial charge in [-0.25, -0.2) is 0 Å². The van der Waals surface area contributed by atoms with Crippen molar-refractivity contribution in [2.45, 2.75) is 39.5 Å². The lowest BCUT2D eigenvalue weighted by molar-refractivity contribution is 0.436. The van der Waals surface area contributed by atoms with Crippen molar-refractivity contribution in [1.29, 1.82) is 0 Å². The van der Waals surface area contributed by atoms with Crippen LogP contribution in [0.25, 0.3) is 0 Å². The van der Waals surface area contributed by atoms with Crippen molar-refractivity contribution in [3.05, 3.63) is 52.6 Å². The van der Waals surface area contributed by atoms with Gasteiger partial charge in [-0.3, -0.25) is 0 Å². The van der Waals surface area contributed by atoms with Gasteiger partial charge < -0.3 is 5.11 Å². The molecule has 1 aromatic carbocycles. The first-order valence-corrected chi connectivity index (χ1v) is 7.07. The van der Waals surface area contributed by atoms with Gasteiger partial charge in [0.25, 0.3) is 0 Å². The molecule has 1 aliphatic rings. The van der Waals surface area contributed by atoms with E-state index < -0.39 is 0 Å². The summed E-state index contributed by atoms with van der Waals surface area (Å²) in [6.07, 6.45) is 10.0. The lowest BCUT2D eigenvalue weighted by Crippen LogP contribution is -2.18. The Hall–Kier alpha value is -1.94. The standard InChI is InChI=1S/C19H22O/c1-6-15-9-14(5)11-18(20)19(15)17-10-13(4)7-8-16(17)12(2)3/h1,9-11,16-17,20H,2,7-8H2,3-5H3. The van der Waals surface area contributed by atoms with Crippen molar-refractivity contribution >= 4 is 0 Å². The number of terminal acetylenes is 1. The predicted molar refractivity (Wildman–Crippen MR) is 84.8 cm³/mol. The van der Waals surface area contributed by atoms with Gasteiger partial charge in [0.1, 0.15) is 5.75 Å². The van der Waals surface area contributed by atoms with Crippen LogP contribution in [0.5, 0.6) is 5.75 Å². The van der Waals surface area contributed by atoms with Crippen LogP contribution in [-0.4, -0.2) is 5.11 Å². The Morgan fingerprint density at radius 2 is 2.10 bits per heavy atom. The molecule has 1 aliphatic carbocycles. The van der Waals surface area contributed by atoms with Gasteiger partial charge in [-0.2, -0.15) is 0 Å². The van der Waals surface area contributed by atoms with E-state index in [9.17, 15) is 5.11 Å². The average molecular weight is 266 g/mol. The average Bonchev–Trinajstić information content (AvgIpc) is 2.37. The van der Waals surface area contributed by atoms with Crippen molar-refractivity contribution in [2.75, 3.05) is 0 Å². The highest BCUT2D eigenvalue weighted by Gasteiger charge is 2.29. The monoisotopic (exact) mass is 266 g/mol. The molecule has 0 saturated carbocycles. The molecule has 20 heavy (non-hydrogen) atoms. The zero-order chi connectivity index (χ0) is 14.9. The summed E-state index contributed by atoms with van der Waals surface area (Å²) in [5, 5.41) is 10.4. The van der Waals surface area contributed by atoms with E-state index in [4.69, 9.17) is 6.42 Å². The molecule has 0 amide bonds. The highest BCUT2D eigenvalue weighted by molar-refractivity contribution is 5.54. The van der Waals surface area contributed by atoms with E-state index in [0.29, 0.717) is 11.7 Å². The normalized spacial score (nSPS) is 22.0. The van der Waals surface area contributed by atoms with E-state index in [2.05, 4.69) is 32.4 Å². The summed E-state index contributed by atoms with van der Waals surface area (Å²) >= 11 is 0. The number of benzene rings is 1. The first-order valence-electron chi connectivity index (χ1n) is 7.07. The number of phenolic OH excluding ortho intramolecular Hbond substituents is 1. The molecule has 1 aromatic rings. The van der Waals surface area contributed by atoms with Gasteiger partial charge in [0.05, 0.1) is 0 Å². The van der Waals surface area contributed by atoms with Crippen LogP contribution >= 0.6 is 0 Å². The number of hydrogen-bond acceptors (Lipinski definition) is 1. The summed E-state index contributed by atoms with van der Waals surface area (Å²) < 4.78 is 0. The molecule has 1 nitrogen and oxygen atoms in total. The van der Waals surface area contributed by atoms with E-state index >= 15 is 0 Å². The maximum Gasteiger partial charge on any atom is 0.120 e. The molecule has 2 rings (SSSR count). The summed E-state index contributed by atoms with van der Waals surface area (Å²) in [5.41, 5.74) is 5.18. The van der Waals surface area contributed by atoms with Crippen molar-refractivity contribution in [3.8, 4) is 18.1 Å². The molecular formula is C19H22O. The van der Waals surface area contributed by atoms with Crippen LogP contribution in [0.15, 0.2) is 35.9 Å². The third-order valence-electron chi connectivity index (χ3n) is 4.17. The van der Waals surface area contributed by atoms with Crippen LogP contribution in [0, 0.1) is 25.2 Å². The molecule has 1 N–H and O–H groups in total. The molecule has 0 radical (unpaired) electrons. The Balaban J connectivity index is 2.61. The maximum atomic E-state index is 10.4. The second kappa shape index (κ2) is 5.59. The van der Waals surface area contributed by atoms with Crippen molar-refractivity contribution < 1.29 is 5.11 Å². The Kier molecular flexibility index (Phi) is 4.04. The van der Waals surface area contributed by atoms with Crippen LogP contribution < -0.4 is 0 Å². The van der Waals surface area contributed by atoms with Crippen molar-refractivity contribution in [1.82, 2.24) is 0 Å². The van der Waals surface area contributed by atoms with E-state index in [-0.39, 0.29) is 5.92 Å². The minimum atomic E-state index is 0.132. The van der Waals surface area contributed by atoms with Crippen LogP contribution in [0.1, 0.15) is 49.3 Å². The van der Waals surface area contributed by atoms with Gasteiger partial charge in [-0.15, -0.1) is 6.42 Å². The summed E-state index contributed by atoms with van der Waals surface area (Å²) in [7, 11) is 0. The van der Waals surface area contributed by atoms with Gasteiger partial charge in [0.15, 0.2) is 0 Å². The Morgan fingerprint density at radius 3 is 2.70 bits per heavy atom. The quantitative estimate of drug-likeness (QED) is 0.607. The fraction of sp³-hybridized carbons (Fsp3) is 0.368. The number of aromatic hydroxyl groups is 1. The number of rotatable bonds is 2. The topological polar surface area (TPSA) is 20.2 Å². The van der Waals surface area contributed by atoms with E-state index in [1.54, 1.807) is 6.07 Å². The first kappa shape index (κ1) is 14.5. The molecule has 1 heteroatoms. The smallest absolute Gasteiger partial charge is 0.120 e. The summed E-state index contributed by atoms with van der Waals surface area (Å²) in [6.45, 7) is 10.3. The Labute approximate surface area is 122 Å². The summed E-state index contributed by atoms with van der Waals surface area (Å²) in [5.74, 6) is 3.51. The molecule has 0 fully saturated rings. The number of aryl methyl sites for hydroxylation is 1. The molecule has 2 atom stereocenters. The Bertz CT molecular complexity index is 613. The van der Waals surface area contributed by atoms with Gasteiger partial charge >= 0.3 is 0 Å². The molecular weight excluding hydrogens is 244 g/mol. The van der Waals surface area contributed by atoms with E-state index in [0.717, 1.165) is 35.1 Å². The largest absolute Gasteiger partial charge is 0.508 e. The summed E-state index contributed by atoms with van der Waals surface area (Å²) in [6, 6.07) is 3.77. The van der Waals surface area contributed by atoms with Crippen LogP contribution in [0.3, 0.4) is 0 Å². The molecule has 0 saturated heterocycles. The van der Waals surface area contributed by atoms with Gasteiger partial charge in [0.2, 0.25) is 0 Å². The summed E-state index contributed by atoms with van der Waals surface area (Å²) in [4.78, 5) is 0. The second-order valence-electron chi connectivity index (χ2n) is 5.92. The van der Waals surface area contributed by atoms with Gasteiger partial charge in [0, 0.05) is 17.0 Å². The zero-order valence-corrected chi connectivity index (χ0v) is 12.5. The van der Waals surface area contributed by atoms with Crippen molar-refractivity contribution in [2.24, 2.45) is 5.92 Å². The Morgan fingerprint density at radius 1 is 1.40 bits per heavy atom. The number of allylic oxidation sites excluding steroid dienone is 3. The first-order chi connectivity index (χ1) is 9.43. The highest BCUT2D eigenvalue weighted by Crippen LogP contribution is 2.44. The molecule has 104 valence electrons. The lowest BCUT2D eigenvalue weighted by Gasteiger charge is -2.31. The van der Waals surface area contributed by atoms with Gasteiger partial charge in [-0.05, 0) is 57.2 Å². The number of phenols is 1. The minimum absolute atomic E-state index is 0.132. The second-order valence-corrected chi connectivity index (χ2v) is 5.92. The fourth-order valence-electron chi connectivity index (χ4n) is 3.15. The van der Waals surface area contributed by atoms with Crippen LogP contribution in [-0.2, 0) is 0 Å². The third kappa shape index (κ3) is 2.65. The minimum Gasteiger partial charge on any atom is -0.508 e. The number of hydrogen-bond donors (Lipinski definition) is 1.